The number of nitro groups is 1. The SMILES string of the molecule is O=Cc1ccc(Sc2nc(-c3ccccc3)c(-c3ccccc3)[nH]2)c([N+](=O)[O-])c1. The number of carbonyl (C=O) groups excluding carboxylic acids is 1. The summed E-state index contributed by atoms with van der Waals surface area (Å²) in [4.78, 5) is 30.3. The summed E-state index contributed by atoms with van der Waals surface area (Å²) >= 11 is 1.16. The van der Waals surface area contributed by atoms with E-state index in [0.29, 0.717) is 16.3 Å². The van der Waals surface area contributed by atoms with Crippen LogP contribution in [0.1, 0.15) is 10.4 Å². The molecule has 1 aromatic heterocycles. The Labute approximate surface area is 170 Å². The summed E-state index contributed by atoms with van der Waals surface area (Å²) in [5.74, 6) is 0. The van der Waals surface area contributed by atoms with E-state index in [0.717, 1.165) is 34.3 Å². The molecule has 1 heterocycles. The number of aldehydes is 1. The number of aromatic nitrogens is 2. The van der Waals surface area contributed by atoms with Gasteiger partial charge in [-0.3, -0.25) is 14.9 Å². The fourth-order valence-electron chi connectivity index (χ4n) is 2.96. The van der Waals surface area contributed by atoms with E-state index >= 15 is 0 Å². The van der Waals surface area contributed by atoms with Gasteiger partial charge in [0, 0.05) is 22.8 Å². The van der Waals surface area contributed by atoms with Crippen molar-refractivity contribution < 1.29 is 9.72 Å². The number of imidazole rings is 1. The van der Waals surface area contributed by atoms with Crippen LogP contribution in [0.2, 0.25) is 0 Å². The van der Waals surface area contributed by atoms with Gasteiger partial charge >= 0.3 is 0 Å². The van der Waals surface area contributed by atoms with E-state index in [2.05, 4.69) is 4.98 Å². The van der Waals surface area contributed by atoms with Crippen molar-refractivity contribution in [1.82, 2.24) is 9.97 Å². The number of hydrogen-bond donors (Lipinski definition) is 1. The molecule has 7 heteroatoms. The second kappa shape index (κ2) is 8.12. The van der Waals surface area contributed by atoms with E-state index < -0.39 is 4.92 Å². The highest BCUT2D eigenvalue weighted by molar-refractivity contribution is 7.99. The monoisotopic (exact) mass is 401 g/mol. The van der Waals surface area contributed by atoms with Crippen molar-refractivity contribution in [3.8, 4) is 22.5 Å². The number of H-pyrrole nitrogens is 1. The Morgan fingerprint density at radius 1 is 0.931 bits per heavy atom. The van der Waals surface area contributed by atoms with E-state index in [4.69, 9.17) is 4.98 Å². The van der Waals surface area contributed by atoms with Crippen LogP contribution in [-0.2, 0) is 0 Å². The van der Waals surface area contributed by atoms with Crippen molar-refractivity contribution in [2.75, 3.05) is 0 Å². The van der Waals surface area contributed by atoms with Gasteiger partial charge in [-0.25, -0.2) is 4.98 Å². The summed E-state index contributed by atoms with van der Waals surface area (Å²) < 4.78 is 0. The quantitative estimate of drug-likeness (QED) is 0.257. The minimum atomic E-state index is -0.492. The standard InChI is InChI=1S/C22H15N3O3S/c26-14-15-11-12-19(18(13-15)25(27)28)29-22-23-20(16-7-3-1-4-8-16)21(24-22)17-9-5-2-6-10-17/h1-14H,(H,23,24). The highest BCUT2D eigenvalue weighted by Crippen LogP contribution is 2.38. The summed E-state index contributed by atoms with van der Waals surface area (Å²) in [5, 5.41) is 12.0. The number of aromatic amines is 1. The van der Waals surface area contributed by atoms with E-state index in [1.807, 2.05) is 60.7 Å². The molecule has 6 nitrogen and oxygen atoms in total. The molecule has 142 valence electrons. The largest absolute Gasteiger partial charge is 0.332 e. The number of hydrogen-bond acceptors (Lipinski definition) is 5. The van der Waals surface area contributed by atoms with Crippen LogP contribution in [0.3, 0.4) is 0 Å². The lowest BCUT2D eigenvalue weighted by atomic mass is 10.1. The predicted octanol–water partition coefficient (Wildman–Crippen LogP) is 5.62. The Bertz CT molecular complexity index is 1120. The molecule has 0 fully saturated rings. The summed E-state index contributed by atoms with van der Waals surface area (Å²) in [6.45, 7) is 0. The van der Waals surface area contributed by atoms with Gasteiger partial charge in [0.2, 0.25) is 0 Å². The van der Waals surface area contributed by atoms with E-state index in [-0.39, 0.29) is 11.3 Å². The van der Waals surface area contributed by atoms with Crippen molar-refractivity contribution in [2.24, 2.45) is 0 Å². The molecule has 0 aliphatic heterocycles. The van der Waals surface area contributed by atoms with Gasteiger partial charge in [-0.1, -0.05) is 66.7 Å². The predicted molar refractivity (Wildman–Crippen MR) is 112 cm³/mol. The molecule has 0 unspecified atom stereocenters. The van der Waals surface area contributed by atoms with Crippen LogP contribution in [0.5, 0.6) is 0 Å². The van der Waals surface area contributed by atoms with Crippen molar-refractivity contribution in [3.63, 3.8) is 0 Å². The van der Waals surface area contributed by atoms with Crippen molar-refractivity contribution in [3.05, 3.63) is 94.5 Å². The summed E-state index contributed by atoms with van der Waals surface area (Å²) in [7, 11) is 0. The maximum Gasteiger partial charge on any atom is 0.284 e. The van der Waals surface area contributed by atoms with Gasteiger partial charge in [0.1, 0.15) is 6.29 Å². The zero-order valence-electron chi connectivity index (χ0n) is 15.1. The summed E-state index contributed by atoms with van der Waals surface area (Å²) in [5.41, 5.74) is 3.66. The number of rotatable bonds is 6. The molecule has 0 amide bonds. The van der Waals surface area contributed by atoms with Crippen molar-refractivity contribution >= 4 is 23.7 Å². The van der Waals surface area contributed by atoms with Crippen LogP contribution in [0, 0.1) is 10.1 Å². The average Bonchev–Trinajstić information content (AvgIpc) is 3.19. The lowest BCUT2D eigenvalue weighted by Gasteiger charge is -2.02. The van der Waals surface area contributed by atoms with Gasteiger partial charge in [0.25, 0.3) is 5.69 Å². The fourth-order valence-corrected chi connectivity index (χ4v) is 3.83. The Morgan fingerprint density at radius 2 is 1.59 bits per heavy atom. The van der Waals surface area contributed by atoms with E-state index in [1.165, 1.54) is 6.07 Å². The van der Waals surface area contributed by atoms with Crippen LogP contribution in [-0.4, -0.2) is 21.2 Å². The van der Waals surface area contributed by atoms with Gasteiger partial charge in [-0.15, -0.1) is 0 Å². The molecular formula is C22H15N3O3S. The highest BCUT2D eigenvalue weighted by atomic mass is 32.2. The smallest absolute Gasteiger partial charge is 0.284 e. The second-order valence-electron chi connectivity index (χ2n) is 6.20. The number of carbonyl (C=O) groups is 1. The van der Waals surface area contributed by atoms with E-state index in [1.54, 1.807) is 12.1 Å². The Balaban J connectivity index is 1.79. The first-order valence-corrected chi connectivity index (χ1v) is 9.59. The number of nitrogens with one attached hydrogen (secondary N) is 1. The third-order valence-electron chi connectivity index (χ3n) is 4.31. The molecule has 0 spiro atoms. The molecule has 0 aliphatic rings. The first-order valence-electron chi connectivity index (χ1n) is 8.78. The molecule has 0 saturated carbocycles. The van der Waals surface area contributed by atoms with Gasteiger partial charge in [-0.05, 0) is 17.8 Å². The minimum absolute atomic E-state index is 0.126. The molecule has 0 saturated heterocycles. The summed E-state index contributed by atoms with van der Waals surface area (Å²) in [6, 6.07) is 23.9. The maximum absolute atomic E-state index is 11.4. The van der Waals surface area contributed by atoms with Crippen molar-refractivity contribution in [1.29, 1.82) is 0 Å². The first kappa shape index (κ1) is 18.6. The van der Waals surface area contributed by atoms with Crippen LogP contribution in [0.25, 0.3) is 22.5 Å². The molecule has 0 aliphatic carbocycles. The third-order valence-corrected chi connectivity index (χ3v) is 5.27. The molecular weight excluding hydrogens is 386 g/mol. The molecule has 1 N–H and O–H groups in total. The minimum Gasteiger partial charge on any atom is -0.332 e. The lowest BCUT2D eigenvalue weighted by molar-refractivity contribution is -0.387. The van der Waals surface area contributed by atoms with Crippen LogP contribution >= 0.6 is 11.8 Å². The Morgan fingerprint density at radius 3 is 2.21 bits per heavy atom. The van der Waals surface area contributed by atoms with Crippen LogP contribution in [0.15, 0.2) is 88.9 Å². The Hall–Kier alpha value is -3.71. The van der Waals surface area contributed by atoms with Gasteiger partial charge in [0.15, 0.2) is 5.16 Å². The zero-order valence-corrected chi connectivity index (χ0v) is 15.9. The number of nitro benzene ring substituents is 1. The van der Waals surface area contributed by atoms with Crippen molar-refractivity contribution in [2.45, 2.75) is 10.1 Å². The van der Waals surface area contributed by atoms with Gasteiger partial charge in [0.05, 0.1) is 21.2 Å². The molecule has 29 heavy (non-hydrogen) atoms. The van der Waals surface area contributed by atoms with Crippen LogP contribution in [0.4, 0.5) is 5.69 Å². The summed E-state index contributed by atoms with van der Waals surface area (Å²) in [6.07, 6.45) is 0.593. The fraction of sp³-hybridized carbons (Fsp3) is 0. The number of nitrogens with zero attached hydrogens (tertiary/aromatic N) is 2. The maximum atomic E-state index is 11.4. The van der Waals surface area contributed by atoms with Crippen LogP contribution < -0.4 is 0 Å². The topological polar surface area (TPSA) is 88.9 Å². The first-order chi connectivity index (χ1) is 14.2. The molecule has 4 rings (SSSR count). The zero-order chi connectivity index (χ0) is 20.2. The van der Waals surface area contributed by atoms with Gasteiger partial charge in [-0.2, -0.15) is 0 Å². The molecule has 4 aromatic rings. The molecule has 0 bridgehead atoms. The average molecular weight is 401 g/mol. The molecule has 0 radical (unpaired) electrons. The van der Waals surface area contributed by atoms with E-state index in [9.17, 15) is 14.9 Å². The normalized spacial score (nSPS) is 10.6. The highest BCUT2D eigenvalue weighted by Gasteiger charge is 2.20. The second-order valence-corrected chi connectivity index (χ2v) is 7.23. The Kier molecular flexibility index (Phi) is 5.22. The third kappa shape index (κ3) is 3.95. The molecule has 0 atom stereocenters. The molecule has 3 aromatic carbocycles. The number of benzene rings is 3. The lowest BCUT2D eigenvalue weighted by Crippen LogP contribution is -1.93. The van der Waals surface area contributed by atoms with Gasteiger partial charge < -0.3 is 4.98 Å².